The van der Waals surface area contributed by atoms with Gasteiger partial charge in [0.25, 0.3) is 0 Å². The molecule has 4 heteroatoms. The number of pyridine rings is 1. The molecule has 1 N–H and O–H groups in total. The Kier molecular flexibility index (Phi) is 4.47. The Morgan fingerprint density at radius 3 is 2.62 bits per heavy atom. The van der Waals surface area contributed by atoms with Crippen LogP contribution in [0.25, 0.3) is 0 Å². The van der Waals surface area contributed by atoms with Gasteiger partial charge in [0.15, 0.2) is 0 Å². The second kappa shape index (κ2) is 5.43. The summed E-state index contributed by atoms with van der Waals surface area (Å²) < 4.78 is 0.778. The van der Waals surface area contributed by atoms with Gasteiger partial charge in [-0.2, -0.15) is 0 Å². The Balaban J connectivity index is 3.06. The van der Waals surface area contributed by atoms with Crippen molar-refractivity contribution in [1.82, 2.24) is 4.98 Å². The van der Waals surface area contributed by atoms with Gasteiger partial charge in [0.1, 0.15) is 5.92 Å². The van der Waals surface area contributed by atoms with Crippen LogP contribution in [0.1, 0.15) is 37.4 Å². The van der Waals surface area contributed by atoms with Crippen molar-refractivity contribution in [2.45, 2.75) is 33.1 Å². The van der Waals surface area contributed by atoms with Crippen molar-refractivity contribution >= 4 is 21.9 Å². The van der Waals surface area contributed by atoms with Gasteiger partial charge in [0.2, 0.25) is 0 Å². The highest BCUT2D eigenvalue weighted by molar-refractivity contribution is 9.10. The first-order valence-corrected chi connectivity index (χ1v) is 6.06. The van der Waals surface area contributed by atoms with E-state index in [1.54, 1.807) is 6.20 Å². The lowest BCUT2D eigenvalue weighted by molar-refractivity contribution is -0.139. The summed E-state index contributed by atoms with van der Waals surface area (Å²) in [6.07, 6.45) is 2.31. The van der Waals surface area contributed by atoms with E-state index in [4.69, 9.17) is 0 Å². The highest BCUT2D eigenvalue weighted by Gasteiger charge is 2.24. The number of aromatic nitrogens is 1. The van der Waals surface area contributed by atoms with Crippen LogP contribution in [0.5, 0.6) is 0 Å². The molecule has 1 heterocycles. The maximum atomic E-state index is 11.2. The summed E-state index contributed by atoms with van der Waals surface area (Å²) in [5, 5.41) is 9.21. The van der Waals surface area contributed by atoms with Crippen LogP contribution in [0.3, 0.4) is 0 Å². The maximum Gasteiger partial charge on any atom is 0.312 e. The van der Waals surface area contributed by atoms with Gasteiger partial charge in [-0.1, -0.05) is 13.8 Å². The molecular weight excluding hydrogens is 270 g/mol. The van der Waals surface area contributed by atoms with Crippen LogP contribution in [0, 0.1) is 12.8 Å². The molecule has 0 amide bonds. The van der Waals surface area contributed by atoms with Gasteiger partial charge < -0.3 is 5.11 Å². The number of halogens is 1. The molecule has 88 valence electrons. The smallest absolute Gasteiger partial charge is 0.312 e. The van der Waals surface area contributed by atoms with Crippen LogP contribution in [0.2, 0.25) is 0 Å². The number of carboxylic acids is 1. The molecule has 0 aliphatic carbocycles. The zero-order valence-corrected chi connectivity index (χ0v) is 11.3. The van der Waals surface area contributed by atoms with Crippen molar-refractivity contribution in [2.24, 2.45) is 5.92 Å². The van der Waals surface area contributed by atoms with Crippen LogP contribution < -0.4 is 0 Å². The van der Waals surface area contributed by atoms with Gasteiger partial charge in [-0.25, -0.2) is 0 Å². The van der Waals surface area contributed by atoms with E-state index in [1.807, 2.05) is 26.8 Å². The summed E-state index contributed by atoms with van der Waals surface area (Å²) in [5.74, 6) is -1.02. The molecule has 16 heavy (non-hydrogen) atoms. The summed E-state index contributed by atoms with van der Waals surface area (Å²) in [6, 6.07) is 1.90. The monoisotopic (exact) mass is 285 g/mol. The largest absolute Gasteiger partial charge is 0.481 e. The van der Waals surface area contributed by atoms with Gasteiger partial charge in [-0.15, -0.1) is 0 Å². The van der Waals surface area contributed by atoms with Gasteiger partial charge >= 0.3 is 5.97 Å². The molecule has 0 bridgehead atoms. The van der Waals surface area contributed by atoms with Crippen molar-refractivity contribution < 1.29 is 9.90 Å². The number of rotatable bonds is 4. The normalized spacial score (nSPS) is 12.8. The molecule has 0 saturated heterocycles. The second-order valence-corrected chi connectivity index (χ2v) is 5.25. The third kappa shape index (κ3) is 3.30. The summed E-state index contributed by atoms with van der Waals surface area (Å²) in [6.45, 7) is 5.95. The number of nitrogens with zero attached hydrogens (tertiary/aromatic N) is 1. The van der Waals surface area contributed by atoms with Crippen LogP contribution in [-0.4, -0.2) is 16.1 Å². The molecule has 0 aliphatic rings. The topological polar surface area (TPSA) is 50.2 Å². The first kappa shape index (κ1) is 13.2. The molecule has 1 aromatic heterocycles. The summed E-state index contributed by atoms with van der Waals surface area (Å²) >= 11 is 3.38. The van der Waals surface area contributed by atoms with E-state index in [9.17, 15) is 9.90 Å². The zero-order chi connectivity index (χ0) is 12.3. The quantitative estimate of drug-likeness (QED) is 0.923. The second-order valence-electron chi connectivity index (χ2n) is 4.40. The third-order valence-corrected chi connectivity index (χ3v) is 2.98. The van der Waals surface area contributed by atoms with Crippen molar-refractivity contribution in [2.75, 3.05) is 0 Å². The molecule has 1 aromatic rings. The Morgan fingerprint density at radius 1 is 1.56 bits per heavy atom. The molecule has 0 radical (unpaired) electrons. The summed E-state index contributed by atoms with van der Waals surface area (Å²) in [7, 11) is 0. The average molecular weight is 286 g/mol. The lowest BCUT2D eigenvalue weighted by atomic mass is 9.93. The lowest BCUT2D eigenvalue weighted by Gasteiger charge is -2.15. The van der Waals surface area contributed by atoms with Crippen molar-refractivity contribution in [3.05, 3.63) is 28.0 Å². The fraction of sp³-hybridized carbons (Fsp3) is 0.500. The van der Waals surface area contributed by atoms with E-state index < -0.39 is 11.9 Å². The number of carboxylic acid groups (broad SMARTS) is 1. The molecule has 0 aliphatic heterocycles. The highest BCUT2D eigenvalue weighted by Crippen LogP contribution is 2.28. The zero-order valence-electron chi connectivity index (χ0n) is 9.70. The van der Waals surface area contributed by atoms with Crippen LogP contribution in [0.15, 0.2) is 16.7 Å². The van der Waals surface area contributed by atoms with Crippen molar-refractivity contribution in [3.8, 4) is 0 Å². The predicted octanol–water partition coefficient (Wildman–Crippen LogP) is 3.37. The van der Waals surface area contributed by atoms with E-state index in [0.717, 1.165) is 10.0 Å². The molecule has 0 aromatic carbocycles. The maximum absolute atomic E-state index is 11.2. The first-order valence-electron chi connectivity index (χ1n) is 5.26. The number of aryl methyl sites for hydroxylation is 1. The van der Waals surface area contributed by atoms with Crippen LogP contribution in [0.4, 0.5) is 0 Å². The van der Waals surface area contributed by atoms with E-state index >= 15 is 0 Å². The minimum absolute atomic E-state index is 0.330. The Morgan fingerprint density at radius 2 is 2.19 bits per heavy atom. The van der Waals surface area contributed by atoms with Gasteiger partial charge in [-0.3, -0.25) is 9.78 Å². The van der Waals surface area contributed by atoms with E-state index in [2.05, 4.69) is 20.9 Å². The fourth-order valence-electron chi connectivity index (χ4n) is 1.60. The minimum Gasteiger partial charge on any atom is -0.481 e. The number of aliphatic carboxylic acids is 1. The average Bonchev–Trinajstić information content (AvgIpc) is 2.14. The summed E-state index contributed by atoms with van der Waals surface area (Å²) in [4.78, 5) is 15.4. The molecule has 3 nitrogen and oxygen atoms in total. The number of hydrogen-bond acceptors (Lipinski definition) is 2. The SMILES string of the molecule is Cc1cnc(C(CC(C)C)C(=O)O)c(Br)c1. The first-order chi connectivity index (χ1) is 7.41. The molecule has 1 atom stereocenters. The molecule has 1 rings (SSSR count). The van der Waals surface area contributed by atoms with Crippen molar-refractivity contribution in [1.29, 1.82) is 0 Å². The molecule has 0 spiro atoms. The fourth-order valence-corrected chi connectivity index (χ4v) is 2.34. The number of carbonyl (C=O) groups is 1. The minimum atomic E-state index is -0.814. The van der Waals surface area contributed by atoms with Crippen LogP contribution >= 0.6 is 15.9 Å². The van der Waals surface area contributed by atoms with Crippen LogP contribution in [-0.2, 0) is 4.79 Å². The molecular formula is C12H16BrNO2. The van der Waals surface area contributed by atoms with Gasteiger partial charge in [0, 0.05) is 10.7 Å². The molecule has 0 fully saturated rings. The summed E-state index contributed by atoms with van der Waals surface area (Å²) in [5.41, 5.74) is 1.64. The highest BCUT2D eigenvalue weighted by atomic mass is 79.9. The van der Waals surface area contributed by atoms with Gasteiger partial charge in [-0.05, 0) is 46.8 Å². The Hall–Kier alpha value is -0.900. The van der Waals surface area contributed by atoms with E-state index in [1.165, 1.54) is 0 Å². The molecule has 0 saturated carbocycles. The Bertz CT molecular complexity index is 391. The Labute approximate surface area is 104 Å². The van der Waals surface area contributed by atoms with E-state index in [-0.39, 0.29) is 0 Å². The third-order valence-electron chi connectivity index (χ3n) is 2.34. The standard InChI is InChI=1S/C12H16BrNO2/c1-7(2)4-9(12(15)16)11-10(13)5-8(3)6-14-11/h5-7,9H,4H2,1-3H3,(H,15,16). The lowest BCUT2D eigenvalue weighted by Crippen LogP contribution is -2.16. The van der Waals surface area contributed by atoms with Gasteiger partial charge in [0.05, 0.1) is 5.69 Å². The molecule has 1 unspecified atom stereocenters. The van der Waals surface area contributed by atoms with E-state index in [0.29, 0.717) is 18.0 Å². The van der Waals surface area contributed by atoms with Crippen molar-refractivity contribution in [3.63, 3.8) is 0 Å². The predicted molar refractivity (Wildman–Crippen MR) is 66.5 cm³/mol. The number of hydrogen-bond donors (Lipinski definition) is 1.